The number of rotatable bonds is 5. The van der Waals surface area contributed by atoms with E-state index in [4.69, 9.17) is 21.3 Å². The Morgan fingerprint density at radius 2 is 2.05 bits per heavy atom. The number of alkyl halides is 1. The molecule has 4 heteroatoms. The van der Waals surface area contributed by atoms with Crippen molar-refractivity contribution in [3.63, 3.8) is 0 Å². The average Bonchev–Trinajstić information content (AvgIpc) is 2.82. The third-order valence-corrected chi connectivity index (χ3v) is 4.22. The summed E-state index contributed by atoms with van der Waals surface area (Å²) in [5.74, 6) is 2.16. The molecule has 21 heavy (non-hydrogen) atoms. The number of ether oxygens (including phenoxy) is 1. The molecular formula is C17H25ClN2O. The number of hydrogen-bond donors (Lipinski definition) is 0. The van der Waals surface area contributed by atoms with Crippen molar-refractivity contribution >= 4 is 22.6 Å². The summed E-state index contributed by atoms with van der Waals surface area (Å²) in [7, 11) is 0. The van der Waals surface area contributed by atoms with Gasteiger partial charge in [-0.1, -0.05) is 33.8 Å². The summed E-state index contributed by atoms with van der Waals surface area (Å²) in [4.78, 5) is 4.72. The summed E-state index contributed by atoms with van der Waals surface area (Å²) in [6.07, 6.45) is 0.984. The summed E-state index contributed by atoms with van der Waals surface area (Å²) < 4.78 is 8.08. The second-order valence-corrected chi connectivity index (χ2v) is 6.81. The highest BCUT2D eigenvalue weighted by Gasteiger charge is 2.26. The molecule has 0 spiro atoms. The second-order valence-electron chi connectivity index (χ2n) is 6.55. The van der Waals surface area contributed by atoms with Gasteiger partial charge in [-0.15, -0.1) is 11.6 Å². The molecule has 1 atom stereocenters. The van der Waals surface area contributed by atoms with Crippen LogP contribution in [0.1, 0.15) is 52.9 Å². The van der Waals surface area contributed by atoms with E-state index in [0.717, 1.165) is 29.0 Å². The molecule has 0 amide bonds. The Hall–Kier alpha value is -1.22. The minimum Gasteiger partial charge on any atom is -0.491 e. The first-order valence-electron chi connectivity index (χ1n) is 7.58. The van der Waals surface area contributed by atoms with Crippen LogP contribution in [0, 0.1) is 5.41 Å². The summed E-state index contributed by atoms with van der Waals surface area (Å²) >= 11 is 6.13. The maximum Gasteiger partial charge on any atom is 0.147 e. The van der Waals surface area contributed by atoms with Crippen LogP contribution in [0.25, 0.3) is 11.0 Å². The van der Waals surface area contributed by atoms with Crippen LogP contribution in [0.4, 0.5) is 0 Å². The molecule has 2 rings (SSSR count). The SMILES string of the molecule is CCCOc1cccc2c1nc(CCl)n2C(C)C(C)(C)C. The van der Waals surface area contributed by atoms with Gasteiger partial charge in [0.05, 0.1) is 18.0 Å². The number of imidazole rings is 1. The predicted molar refractivity (Wildman–Crippen MR) is 89.2 cm³/mol. The van der Waals surface area contributed by atoms with Gasteiger partial charge in [0.2, 0.25) is 0 Å². The molecule has 0 saturated heterocycles. The zero-order valence-electron chi connectivity index (χ0n) is 13.6. The molecule has 0 saturated carbocycles. The lowest BCUT2D eigenvalue weighted by molar-refractivity contribution is 0.264. The zero-order valence-corrected chi connectivity index (χ0v) is 14.4. The third-order valence-electron chi connectivity index (χ3n) is 3.98. The van der Waals surface area contributed by atoms with Gasteiger partial charge < -0.3 is 9.30 Å². The maximum absolute atomic E-state index is 6.13. The van der Waals surface area contributed by atoms with Crippen molar-refractivity contribution in [1.29, 1.82) is 0 Å². The number of hydrogen-bond acceptors (Lipinski definition) is 2. The Morgan fingerprint density at radius 1 is 1.33 bits per heavy atom. The van der Waals surface area contributed by atoms with Crippen LogP contribution in [-0.2, 0) is 5.88 Å². The molecule has 1 heterocycles. The highest BCUT2D eigenvalue weighted by Crippen LogP contribution is 2.36. The topological polar surface area (TPSA) is 27.1 Å². The maximum atomic E-state index is 6.13. The van der Waals surface area contributed by atoms with E-state index in [1.165, 1.54) is 0 Å². The Kier molecular flexibility index (Phi) is 4.82. The van der Waals surface area contributed by atoms with E-state index in [-0.39, 0.29) is 5.41 Å². The minimum absolute atomic E-state index is 0.134. The molecule has 1 aromatic heterocycles. The van der Waals surface area contributed by atoms with Gasteiger partial charge >= 0.3 is 0 Å². The molecule has 0 radical (unpaired) electrons. The molecule has 0 N–H and O–H groups in total. The number of fused-ring (bicyclic) bond motifs is 1. The number of benzene rings is 1. The van der Waals surface area contributed by atoms with Gasteiger partial charge in [-0.3, -0.25) is 0 Å². The smallest absolute Gasteiger partial charge is 0.147 e. The molecule has 116 valence electrons. The highest BCUT2D eigenvalue weighted by molar-refractivity contribution is 6.16. The molecule has 0 aliphatic rings. The fourth-order valence-corrected chi connectivity index (χ4v) is 2.57. The fraction of sp³-hybridized carbons (Fsp3) is 0.588. The quantitative estimate of drug-likeness (QED) is 0.712. The van der Waals surface area contributed by atoms with E-state index >= 15 is 0 Å². The summed E-state index contributed by atoms with van der Waals surface area (Å²) in [5, 5.41) is 0. The van der Waals surface area contributed by atoms with E-state index in [2.05, 4.69) is 45.3 Å². The predicted octanol–water partition coefficient (Wildman–Crippen LogP) is 5.17. The van der Waals surface area contributed by atoms with Crippen LogP contribution in [-0.4, -0.2) is 16.2 Å². The lowest BCUT2D eigenvalue weighted by Crippen LogP contribution is -2.22. The molecule has 0 aliphatic heterocycles. The molecule has 0 aliphatic carbocycles. The first-order chi connectivity index (χ1) is 9.90. The number of para-hydroxylation sites is 1. The van der Waals surface area contributed by atoms with Crippen molar-refractivity contribution in [2.24, 2.45) is 5.41 Å². The van der Waals surface area contributed by atoms with Crippen LogP contribution in [0.15, 0.2) is 18.2 Å². The van der Waals surface area contributed by atoms with Crippen molar-refractivity contribution in [2.45, 2.75) is 53.0 Å². The third kappa shape index (κ3) is 3.18. The van der Waals surface area contributed by atoms with Crippen molar-refractivity contribution in [2.75, 3.05) is 6.61 Å². The molecule has 3 nitrogen and oxygen atoms in total. The molecule has 2 aromatic rings. The van der Waals surface area contributed by atoms with E-state index < -0.39 is 0 Å². The van der Waals surface area contributed by atoms with Crippen molar-refractivity contribution in [1.82, 2.24) is 9.55 Å². The standard InChI is InChI=1S/C17H25ClN2O/c1-6-10-21-14-9-7-8-13-16(14)19-15(11-18)20(13)12(2)17(3,4)5/h7-9,12H,6,10-11H2,1-5H3. The van der Waals surface area contributed by atoms with Gasteiger partial charge in [0.25, 0.3) is 0 Å². The van der Waals surface area contributed by atoms with Crippen LogP contribution >= 0.6 is 11.6 Å². The largest absolute Gasteiger partial charge is 0.491 e. The van der Waals surface area contributed by atoms with Gasteiger partial charge in [0.1, 0.15) is 17.1 Å². The molecule has 0 bridgehead atoms. The van der Waals surface area contributed by atoms with Crippen LogP contribution in [0.2, 0.25) is 0 Å². The van der Waals surface area contributed by atoms with Gasteiger partial charge in [0.15, 0.2) is 0 Å². The van der Waals surface area contributed by atoms with E-state index in [1.807, 2.05) is 12.1 Å². The van der Waals surface area contributed by atoms with E-state index in [1.54, 1.807) is 0 Å². The molecular weight excluding hydrogens is 284 g/mol. The fourth-order valence-electron chi connectivity index (χ4n) is 2.38. The lowest BCUT2D eigenvalue weighted by Gasteiger charge is -2.30. The zero-order chi connectivity index (χ0) is 15.6. The van der Waals surface area contributed by atoms with Crippen LogP contribution in [0.3, 0.4) is 0 Å². The number of halogens is 1. The number of aromatic nitrogens is 2. The Labute approximate surface area is 132 Å². The summed E-state index contributed by atoms with van der Waals surface area (Å²) in [6.45, 7) is 11.7. The first-order valence-corrected chi connectivity index (χ1v) is 8.12. The Balaban J connectivity index is 2.59. The van der Waals surface area contributed by atoms with Crippen molar-refractivity contribution < 1.29 is 4.74 Å². The van der Waals surface area contributed by atoms with Gasteiger partial charge in [0, 0.05) is 6.04 Å². The van der Waals surface area contributed by atoms with Crippen LogP contribution < -0.4 is 4.74 Å². The molecule has 0 fully saturated rings. The van der Waals surface area contributed by atoms with Gasteiger partial charge in [-0.25, -0.2) is 4.98 Å². The first kappa shape index (κ1) is 16.2. The summed E-state index contributed by atoms with van der Waals surface area (Å²) in [6, 6.07) is 6.41. The van der Waals surface area contributed by atoms with E-state index in [9.17, 15) is 0 Å². The Bertz CT molecular complexity index is 613. The van der Waals surface area contributed by atoms with Gasteiger partial charge in [-0.05, 0) is 30.9 Å². The second kappa shape index (κ2) is 6.27. The van der Waals surface area contributed by atoms with Gasteiger partial charge in [-0.2, -0.15) is 0 Å². The average molecular weight is 309 g/mol. The van der Waals surface area contributed by atoms with Crippen molar-refractivity contribution in [3.8, 4) is 5.75 Å². The monoisotopic (exact) mass is 308 g/mol. The lowest BCUT2D eigenvalue weighted by atomic mass is 9.87. The number of nitrogens with zero attached hydrogens (tertiary/aromatic N) is 2. The molecule has 1 aromatic carbocycles. The Morgan fingerprint density at radius 3 is 2.62 bits per heavy atom. The minimum atomic E-state index is 0.134. The van der Waals surface area contributed by atoms with Crippen molar-refractivity contribution in [3.05, 3.63) is 24.0 Å². The van der Waals surface area contributed by atoms with Crippen LogP contribution in [0.5, 0.6) is 5.75 Å². The normalized spacial score (nSPS) is 13.6. The highest BCUT2D eigenvalue weighted by atomic mass is 35.5. The van der Waals surface area contributed by atoms with E-state index in [0.29, 0.717) is 18.5 Å². The molecule has 1 unspecified atom stereocenters. The summed E-state index contributed by atoms with van der Waals surface area (Å²) in [5.41, 5.74) is 2.15.